The van der Waals surface area contributed by atoms with Gasteiger partial charge in [0, 0.05) is 29.6 Å². The Labute approximate surface area is 168 Å². The van der Waals surface area contributed by atoms with Gasteiger partial charge in [-0.15, -0.1) is 0 Å². The number of phenols is 1. The maximum Gasteiger partial charge on any atom is 0.243 e. The van der Waals surface area contributed by atoms with E-state index < -0.39 is 10.0 Å². The molecule has 2 aromatic rings. The Morgan fingerprint density at radius 1 is 1.14 bits per heavy atom. The lowest BCUT2D eigenvalue weighted by atomic mass is 9.98. The van der Waals surface area contributed by atoms with Crippen molar-refractivity contribution in [2.75, 3.05) is 13.1 Å². The van der Waals surface area contributed by atoms with Crippen molar-refractivity contribution in [3.05, 3.63) is 59.1 Å². The number of benzene rings is 2. The summed E-state index contributed by atoms with van der Waals surface area (Å²) in [6, 6.07) is 12.7. The fourth-order valence-corrected chi connectivity index (χ4v) is 4.56. The van der Waals surface area contributed by atoms with Crippen molar-refractivity contribution < 1.29 is 18.3 Å². The highest BCUT2D eigenvalue weighted by atomic mass is 35.5. The van der Waals surface area contributed by atoms with Crippen molar-refractivity contribution in [3.8, 4) is 5.75 Å². The lowest BCUT2D eigenvalue weighted by Gasteiger charge is -2.30. The molecule has 1 fully saturated rings. The maximum atomic E-state index is 12.7. The molecule has 0 radical (unpaired) electrons. The number of piperidine rings is 1. The topological polar surface area (TPSA) is 99.1 Å². The molecule has 0 aromatic heterocycles. The number of nitrogens with zero attached hydrogens (tertiary/aromatic N) is 2. The third kappa shape index (κ3) is 4.70. The van der Waals surface area contributed by atoms with Gasteiger partial charge < -0.3 is 5.11 Å². The van der Waals surface area contributed by atoms with Crippen LogP contribution in [0, 0.1) is 5.92 Å². The number of phenolic OH excluding ortho intramolecular Hbond substituents is 1. The number of halogens is 1. The Hall–Kier alpha value is -2.42. The molecule has 0 atom stereocenters. The first-order valence-corrected chi connectivity index (χ1v) is 10.6. The number of hydrogen-bond acceptors (Lipinski definition) is 5. The summed E-state index contributed by atoms with van der Waals surface area (Å²) in [5, 5.41) is 14.0. The molecule has 1 amide bonds. The van der Waals surface area contributed by atoms with Crippen LogP contribution < -0.4 is 5.43 Å². The standard InChI is InChI=1S/C19H20ClN3O4S/c20-16-5-7-17(8-6-16)28(26,27)23-11-9-14(10-12-23)19(25)22-21-13-15-3-1-2-4-18(15)24/h1-8,13-14,24H,9-12H2,(H,22,25)/b21-13+. The van der Waals surface area contributed by atoms with Crippen molar-refractivity contribution in [1.82, 2.24) is 9.73 Å². The summed E-state index contributed by atoms with van der Waals surface area (Å²) in [6.07, 6.45) is 2.18. The second-order valence-electron chi connectivity index (χ2n) is 6.43. The Bertz CT molecular complexity index is 969. The van der Waals surface area contributed by atoms with E-state index in [2.05, 4.69) is 10.5 Å². The Morgan fingerprint density at radius 3 is 2.43 bits per heavy atom. The highest BCUT2D eigenvalue weighted by molar-refractivity contribution is 7.89. The fraction of sp³-hybridized carbons (Fsp3) is 0.263. The first kappa shape index (κ1) is 20.3. The van der Waals surface area contributed by atoms with E-state index in [9.17, 15) is 18.3 Å². The fourth-order valence-electron chi connectivity index (χ4n) is 2.97. The van der Waals surface area contributed by atoms with E-state index in [0.717, 1.165) is 0 Å². The average molecular weight is 422 g/mol. The second kappa shape index (κ2) is 8.72. The summed E-state index contributed by atoms with van der Waals surface area (Å²) in [4.78, 5) is 12.5. The smallest absolute Gasteiger partial charge is 0.243 e. The number of hydrogen-bond donors (Lipinski definition) is 2. The van der Waals surface area contributed by atoms with Gasteiger partial charge >= 0.3 is 0 Å². The van der Waals surface area contributed by atoms with Gasteiger partial charge in [-0.05, 0) is 49.2 Å². The number of aromatic hydroxyl groups is 1. The maximum absolute atomic E-state index is 12.7. The van der Waals surface area contributed by atoms with Gasteiger partial charge in [0.1, 0.15) is 5.75 Å². The Kier molecular flexibility index (Phi) is 6.33. The number of carbonyl (C=O) groups is 1. The van der Waals surface area contributed by atoms with Crippen molar-refractivity contribution in [2.45, 2.75) is 17.7 Å². The number of hydrazone groups is 1. The normalized spacial score (nSPS) is 16.3. The largest absolute Gasteiger partial charge is 0.507 e. The molecule has 0 aliphatic carbocycles. The van der Waals surface area contributed by atoms with Crippen LogP contribution in [0.3, 0.4) is 0 Å². The highest BCUT2D eigenvalue weighted by Crippen LogP contribution is 2.25. The van der Waals surface area contributed by atoms with E-state index in [1.807, 2.05) is 0 Å². The summed E-state index contributed by atoms with van der Waals surface area (Å²) in [7, 11) is -3.60. The van der Waals surface area contributed by atoms with Gasteiger partial charge in [0.25, 0.3) is 0 Å². The van der Waals surface area contributed by atoms with Gasteiger partial charge in [-0.2, -0.15) is 9.41 Å². The molecule has 0 bridgehead atoms. The predicted molar refractivity (Wildman–Crippen MR) is 107 cm³/mol. The predicted octanol–water partition coefficient (Wildman–Crippen LogP) is 2.60. The highest BCUT2D eigenvalue weighted by Gasteiger charge is 2.32. The van der Waals surface area contributed by atoms with E-state index in [0.29, 0.717) is 23.4 Å². The molecule has 2 N–H and O–H groups in total. The monoisotopic (exact) mass is 421 g/mol. The summed E-state index contributed by atoms with van der Waals surface area (Å²) >= 11 is 5.81. The third-order valence-electron chi connectivity index (χ3n) is 4.59. The molecule has 28 heavy (non-hydrogen) atoms. The summed E-state index contributed by atoms with van der Waals surface area (Å²) in [5.41, 5.74) is 2.95. The molecule has 1 saturated heterocycles. The van der Waals surface area contributed by atoms with Crippen LogP contribution in [0.25, 0.3) is 0 Å². The quantitative estimate of drug-likeness (QED) is 0.572. The van der Waals surface area contributed by atoms with Gasteiger partial charge in [0.05, 0.1) is 11.1 Å². The molecule has 0 spiro atoms. The number of amides is 1. The number of para-hydroxylation sites is 1. The van der Waals surface area contributed by atoms with Gasteiger partial charge in [-0.25, -0.2) is 13.8 Å². The number of sulfonamides is 1. The molecule has 1 heterocycles. The molecule has 148 valence electrons. The van der Waals surface area contributed by atoms with Gasteiger partial charge in [-0.1, -0.05) is 23.7 Å². The zero-order valence-electron chi connectivity index (χ0n) is 15.0. The SMILES string of the molecule is O=C(N/N=C/c1ccccc1O)C1CCN(S(=O)(=O)c2ccc(Cl)cc2)CC1. The van der Waals surface area contributed by atoms with Crippen LogP contribution in [0.5, 0.6) is 5.75 Å². The minimum absolute atomic E-state index is 0.0706. The first-order chi connectivity index (χ1) is 13.4. The first-order valence-electron chi connectivity index (χ1n) is 8.74. The van der Waals surface area contributed by atoms with Crippen LogP contribution in [0.2, 0.25) is 5.02 Å². The lowest BCUT2D eigenvalue weighted by Crippen LogP contribution is -2.42. The molecular weight excluding hydrogens is 402 g/mol. The van der Waals surface area contributed by atoms with E-state index in [1.165, 1.54) is 40.9 Å². The van der Waals surface area contributed by atoms with Gasteiger partial charge in [0.15, 0.2) is 0 Å². The van der Waals surface area contributed by atoms with Crippen molar-refractivity contribution >= 4 is 33.7 Å². The zero-order chi connectivity index (χ0) is 20.1. The third-order valence-corrected chi connectivity index (χ3v) is 6.76. The molecule has 0 saturated carbocycles. The Balaban J connectivity index is 1.55. The summed E-state index contributed by atoms with van der Waals surface area (Å²) in [5.74, 6) is -0.519. The number of rotatable bonds is 5. The van der Waals surface area contributed by atoms with Crippen LogP contribution in [0.15, 0.2) is 58.5 Å². The molecule has 3 rings (SSSR count). The van der Waals surface area contributed by atoms with Crippen LogP contribution in [0.4, 0.5) is 0 Å². The van der Waals surface area contributed by atoms with Gasteiger partial charge in [-0.3, -0.25) is 4.79 Å². The van der Waals surface area contributed by atoms with Crippen molar-refractivity contribution in [3.63, 3.8) is 0 Å². The minimum Gasteiger partial charge on any atom is -0.507 e. The molecule has 2 aromatic carbocycles. The van der Waals surface area contributed by atoms with Crippen LogP contribution in [-0.2, 0) is 14.8 Å². The Morgan fingerprint density at radius 2 is 1.79 bits per heavy atom. The molecule has 1 aliphatic heterocycles. The number of nitrogens with one attached hydrogen (secondary N) is 1. The van der Waals surface area contributed by atoms with E-state index in [-0.39, 0.29) is 35.6 Å². The molecule has 9 heteroatoms. The van der Waals surface area contributed by atoms with Crippen molar-refractivity contribution in [2.24, 2.45) is 11.0 Å². The van der Waals surface area contributed by atoms with Gasteiger partial charge in [0.2, 0.25) is 15.9 Å². The van der Waals surface area contributed by atoms with E-state index in [1.54, 1.807) is 18.2 Å². The van der Waals surface area contributed by atoms with Crippen LogP contribution in [0.1, 0.15) is 18.4 Å². The average Bonchev–Trinajstić information content (AvgIpc) is 2.70. The van der Waals surface area contributed by atoms with Crippen LogP contribution in [-0.4, -0.2) is 43.0 Å². The summed E-state index contributed by atoms with van der Waals surface area (Å²) in [6.45, 7) is 0.512. The molecule has 7 nitrogen and oxygen atoms in total. The summed E-state index contributed by atoms with van der Waals surface area (Å²) < 4.78 is 26.7. The zero-order valence-corrected chi connectivity index (χ0v) is 16.5. The van der Waals surface area contributed by atoms with Crippen LogP contribution >= 0.6 is 11.6 Å². The molecule has 0 unspecified atom stereocenters. The van der Waals surface area contributed by atoms with E-state index in [4.69, 9.17) is 11.6 Å². The molecular formula is C19H20ClN3O4S. The van der Waals surface area contributed by atoms with E-state index >= 15 is 0 Å². The molecule has 1 aliphatic rings. The van der Waals surface area contributed by atoms with Crippen molar-refractivity contribution in [1.29, 1.82) is 0 Å². The lowest BCUT2D eigenvalue weighted by molar-refractivity contribution is -0.126. The number of carbonyl (C=O) groups excluding carboxylic acids is 1. The second-order valence-corrected chi connectivity index (χ2v) is 8.80. The minimum atomic E-state index is -3.60.